The van der Waals surface area contributed by atoms with Gasteiger partial charge >= 0.3 is 6.09 Å². The first-order valence-electron chi connectivity index (χ1n) is 6.63. The van der Waals surface area contributed by atoms with Gasteiger partial charge in [-0.15, -0.1) is 0 Å². The zero-order valence-corrected chi connectivity index (χ0v) is 11.6. The molecule has 1 saturated carbocycles. The Hall–Kier alpha value is -0.770. The highest BCUT2D eigenvalue weighted by Gasteiger charge is 2.23. The van der Waals surface area contributed by atoms with Gasteiger partial charge in [0.1, 0.15) is 5.60 Å². The molecule has 4 nitrogen and oxygen atoms in total. The van der Waals surface area contributed by atoms with Crippen molar-refractivity contribution in [1.82, 2.24) is 10.2 Å². The summed E-state index contributed by atoms with van der Waals surface area (Å²) in [6, 6.07) is 0.692. The third-order valence-electron chi connectivity index (χ3n) is 2.54. The minimum absolute atomic E-state index is 0.197. The number of carbonyl (C=O) groups excluding carboxylic acids is 1. The number of rotatable bonds is 6. The molecule has 0 unspecified atom stereocenters. The van der Waals surface area contributed by atoms with E-state index in [1.54, 1.807) is 4.90 Å². The van der Waals surface area contributed by atoms with Crippen LogP contribution in [0.25, 0.3) is 0 Å². The Bertz CT molecular complexity index is 244. The van der Waals surface area contributed by atoms with Gasteiger partial charge in [-0.3, -0.25) is 0 Å². The minimum Gasteiger partial charge on any atom is -0.444 e. The summed E-state index contributed by atoms with van der Waals surface area (Å²) in [6.07, 6.45) is 3.32. The molecule has 100 valence electrons. The molecule has 0 aromatic carbocycles. The van der Waals surface area contributed by atoms with Gasteiger partial charge in [0.15, 0.2) is 0 Å². The lowest BCUT2D eigenvalue weighted by Gasteiger charge is -2.27. The fourth-order valence-electron chi connectivity index (χ4n) is 1.58. The number of nitrogens with one attached hydrogen (secondary N) is 1. The summed E-state index contributed by atoms with van der Waals surface area (Å²) in [7, 11) is 0. The Morgan fingerprint density at radius 3 is 2.47 bits per heavy atom. The topological polar surface area (TPSA) is 41.6 Å². The van der Waals surface area contributed by atoms with E-state index < -0.39 is 5.60 Å². The first-order valence-corrected chi connectivity index (χ1v) is 6.63. The minimum atomic E-state index is -0.410. The molecule has 0 spiro atoms. The van der Waals surface area contributed by atoms with E-state index in [-0.39, 0.29) is 6.09 Å². The van der Waals surface area contributed by atoms with E-state index in [0.29, 0.717) is 6.04 Å². The molecule has 0 heterocycles. The van der Waals surface area contributed by atoms with Gasteiger partial charge in [0.05, 0.1) is 0 Å². The van der Waals surface area contributed by atoms with Crippen LogP contribution in [0.1, 0.15) is 47.0 Å². The Balaban J connectivity index is 2.31. The van der Waals surface area contributed by atoms with E-state index in [4.69, 9.17) is 4.74 Å². The highest BCUT2D eigenvalue weighted by Crippen LogP contribution is 2.18. The molecule has 1 aliphatic rings. The van der Waals surface area contributed by atoms with Crippen LogP contribution in [0.15, 0.2) is 0 Å². The van der Waals surface area contributed by atoms with Gasteiger partial charge in [-0.1, -0.05) is 6.92 Å². The Labute approximate surface area is 105 Å². The molecule has 1 rings (SSSR count). The predicted molar refractivity (Wildman–Crippen MR) is 69.1 cm³/mol. The lowest BCUT2D eigenvalue weighted by Crippen LogP contribution is -2.41. The smallest absolute Gasteiger partial charge is 0.410 e. The van der Waals surface area contributed by atoms with Gasteiger partial charge in [0.2, 0.25) is 0 Å². The molecular formula is C13H26N2O2. The van der Waals surface area contributed by atoms with Gasteiger partial charge < -0.3 is 15.0 Å². The zero-order chi connectivity index (χ0) is 12.9. The van der Waals surface area contributed by atoms with E-state index >= 15 is 0 Å². The maximum atomic E-state index is 11.9. The van der Waals surface area contributed by atoms with Crippen LogP contribution in [0.2, 0.25) is 0 Å². The number of ether oxygens (including phenoxy) is 1. The zero-order valence-electron chi connectivity index (χ0n) is 11.6. The molecule has 0 radical (unpaired) electrons. The average Bonchev–Trinajstić information content (AvgIpc) is 2.97. The molecule has 0 aromatic rings. The van der Waals surface area contributed by atoms with Crippen molar-refractivity contribution >= 4 is 6.09 Å². The van der Waals surface area contributed by atoms with Crippen LogP contribution in [-0.2, 0) is 4.74 Å². The molecular weight excluding hydrogens is 216 g/mol. The van der Waals surface area contributed by atoms with Crippen LogP contribution < -0.4 is 5.32 Å². The standard InChI is InChI=1S/C13H26N2O2/c1-5-9-15(10-8-14-11-6-7-11)12(16)17-13(2,3)4/h11,14H,5-10H2,1-4H3. The van der Waals surface area contributed by atoms with Crippen molar-refractivity contribution in [3.63, 3.8) is 0 Å². The van der Waals surface area contributed by atoms with Gasteiger partial charge in [0, 0.05) is 25.7 Å². The monoisotopic (exact) mass is 242 g/mol. The summed E-state index contributed by atoms with van der Waals surface area (Å²) in [6.45, 7) is 10.1. The molecule has 0 atom stereocenters. The number of carbonyl (C=O) groups is 1. The van der Waals surface area contributed by atoms with Crippen LogP contribution in [0.5, 0.6) is 0 Å². The quantitative estimate of drug-likeness (QED) is 0.777. The van der Waals surface area contributed by atoms with Crippen molar-refractivity contribution in [1.29, 1.82) is 0 Å². The first-order chi connectivity index (χ1) is 7.92. The summed E-state index contributed by atoms with van der Waals surface area (Å²) in [5.74, 6) is 0. The van der Waals surface area contributed by atoms with Crippen LogP contribution in [0, 0.1) is 0 Å². The first kappa shape index (κ1) is 14.3. The molecule has 0 aromatic heterocycles. The van der Waals surface area contributed by atoms with Crippen molar-refractivity contribution in [2.24, 2.45) is 0 Å². The van der Waals surface area contributed by atoms with E-state index in [2.05, 4.69) is 12.2 Å². The van der Waals surface area contributed by atoms with E-state index in [1.165, 1.54) is 12.8 Å². The number of amides is 1. The number of hydrogen-bond donors (Lipinski definition) is 1. The van der Waals surface area contributed by atoms with E-state index in [0.717, 1.165) is 26.1 Å². The maximum Gasteiger partial charge on any atom is 0.410 e. The second kappa shape index (κ2) is 6.24. The molecule has 0 aliphatic heterocycles. The molecule has 1 N–H and O–H groups in total. The number of hydrogen-bond acceptors (Lipinski definition) is 3. The summed E-state index contributed by atoms with van der Waals surface area (Å²) >= 11 is 0. The maximum absolute atomic E-state index is 11.9. The summed E-state index contributed by atoms with van der Waals surface area (Å²) in [5, 5.41) is 3.41. The van der Waals surface area contributed by atoms with Crippen molar-refractivity contribution in [2.45, 2.75) is 58.6 Å². The average molecular weight is 242 g/mol. The molecule has 0 saturated heterocycles. The fourth-order valence-corrected chi connectivity index (χ4v) is 1.58. The van der Waals surface area contributed by atoms with Crippen LogP contribution >= 0.6 is 0 Å². The Kier molecular flexibility index (Phi) is 5.25. The molecule has 1 aliphatic carbocycles. The normalized spacial score (nSPS) is 15.8. The summed E-state index contributed by atoms with van der Waals surface area (Å²) in [4.78, 5) is 13.7. The van der Waals surface area contributed by atoms with Gasteiger partial charge in [-0.05, 0) is 40.0 Å². The highest BCUT2D eigenvalue weighted by atomic mass is 16.6. The highest BCUT2D eigenvalue weighted by molar-refractivity contribution is 5.68. The molecule has 0 bridgehead atoms. The second-order valence-electron chi connectivity index (χ2n) is 5.70. The summed E-state index contributed by atoms with van der Waals surface area (Å²) < 4.78 is 5.38. The SMILES string of the molecule is CCCN(CCNC1CC1)C(=O)OC(C)(C)C. The number of nitrogens with zero attached hydrogens (tertiary/aromatic N) is 1. The van der Waals surface area contributed by atoms with Crippen molar-refractivity contribution in [2.75, 3.05) is 19.6 Å². The Morgan fingerprint density at radius 1 is 1.35 bits per heavy atom. The van der Waals surface area contributed by atoms with Crippen LogP contribution in [0.3, 0.4) is 0 Å². The van der Waals surface area contributed by atoms with Crippen molar-refractivity contribution in [3.05, 3.63) is 0 Å². The molecule has 1 amide bonds. The van der Waals surface area contributed by atoms with Gasteiger partial charge in [0.25, 0.3) is 0 Å². The molecule has 4 heteroatoms. The third kappa shape index (κ3) is 6.51. The summed E-state index contributed by atoms with van der Waals surface area (Å²) in [5.41, 5.74) is -0.410. The predicted octanol–water partition coefficient (Wildman–Crippen LogP) is 2.39. The largest absolute Gasteiger partial charge is 0.444 e. The lowest BCUT2D eigenvalue weighted by molar-refractivity contribution is 0.0251. The lowest BCUT2D eigenvalue weighted by atomic mass is 10.2. The molecule has 17 heavy (non-hydrogen) atoms. The van der Waals surface area contributed by atoms with E-state index in [1.807, 2.05) is 20.8 Å². The van der Waals surface area contributed by atoms with Gasteiger partial charge in [-0.2, -0.15) is 0 Å². The Morgan fingerprint density at radius 2 is 2.00 bits per heavy atom. The van der Waals surface area contributed by atoms with Gasteiger partial charge in [-0.25, -0.2) is 4.79 Å². The molecule has 1 fully saturated rings. The van der Waals surface area contributed by atoms with E-state index in [9.17, 15) is 4.79 Å². The third-order valence-corrected chi connectivity index (χ3v) is 2.54. The van der Waals surface area contributed by atoms with Crippen LogP contribution in [-0.4, -0.2) is 42.3 Å². The van der Waals surface area contributed by atoms with Crippen LogP contribution in [0.4, 0.5) is 4.79 Å². The fraction of sp³-hybridized carbons (Fsp3) is 0.923. The van der Waals surface area contributed by atoms with Crippen molar-refractivity contribution in [3.8, 4) is 0 Å². The van der Waals surface area contributed by atoms with Crippen molar-refractivity contribution < 1.29 is 9.53 Å². The second-order valence-corrected chi connectivity index (χ2v) is 5.70.